The number of carbonyl (C=O) groups is 1. The lowest BCUT2D eigenvalue weighted by atomic mass is 10.2. The summed E-state index contributed by atoms with van der Waals surface area (Å²) in [7, 11) is 1.23. The second kappa shape index (κ2) is 5.01. The van der Waals surface area contributed by atoms with Crippen molar-refractivity contribution in [2.24, 2.45) is 0 Å². The molecule has 0 saturated carbocycles. The van der Waals surface area contributed by atoms with Crippen molar-refractivity contribution in [3.8, 4) is 18.1 Å². The Morgan fingerprint density at radius 2 is 2.20 bits per heavy atom. The summed E-state index contributed by atoms with van der Waals surface area (Å²) in [6.07, 6.45) is 2.93. The standard InChI is InChI=1S/C11H9FO3/c1-3-10(12)15-9-7-5-4-6-8(9)11(13)14-2/h1,4-7,10H,2H3. The number of terminal acetylenes is 1. The van der Waals surface area contributed by atoms with Gasteiger partial charge in [-0.2, -0.15) is 4.39 Å². The zero-order valence-electron chi connectivity index (χ0n) is 8.07. The molecule has 0 aliphatic rings. The molecule has 1 atom stereocenters. The Morgan fingerprint density at radius 1 is 1.53 bits per heavy atom. The molecule has 0 radical (unpaired) electrons. The molecule has 0 aromatic heterocycles. The van der Waals surface area contributed by atoms with Gasteiger partial charge in [-0.1, -0.05) is 12.1 Å². The summed E-state index contributed by atoms with van der Waals surface area (Å²) >= 11 is 0. The van der Waals surface area contributed by atoms with Crippen LogP contribution in [0.4, 0.5) is 4.39 Å². The van der Waals surface area contributed by atoms with Crippen molar-refractivity contribution in [1.82, 2.24) is 0 Å². The predicted octanol–water partition coefficient (Wildman–Crippen LogP) is 1.78. The number of rotatable bonds is 3. The van der Waals surface area contributed by atoms with Gasteiger partial charge < -0.3 is 9.47 Å². The van der Waals surface area contributed by atoms with E-state index in [0.29, 0.717) is 0 Å². The molecular formula is C11H9FO3. The first-order valence-electron chi connectivity index (χ1n) is 4.13. The average Bonchev–Trinajstić information content (AvgIpc) is 2.28. The van der Waals surface area contributed by atoms with Gasteiger partial charge in [-0.05, 0) is 18.1 Å². The van der Waals surface area contributed by atoms with Crippen LogP contribution in [-0.4, -0.2) is 19.4 Å². The molecule has 1 unspecified atom stereocenters. The summed E-state index contributed by atoms with van der Waals surface area (Å²) in [5.74, 6) is 1.22. The third-order valence-electron chi connectivity index (χ3n) is 1.65. The summed E-state index contributed by atoms with van der Waals surface area (Å²) in [6, 6.07) is 6.12. The molecule has 1 rings (SSSR count). The van der Waals surface area contributed by atoms with Crippen LogP contribution in [0.3, 0.4) is 0 Å². The number of halogens is 1. The summed E-state index contributed by atoms with van der Waals surface area (Å²) in [6.45, 7) is 0. The van der Waals surface area contributed by atoms with Gasteiger partial charge in [-0.25, -0.2) is 4.79 Å². The molecule has 4 heteroatoms. The molecule has 1 aromatic rings. The van der Waals surface area contributed by atoms with E-state index in [2.05, 4.69) is 4.74 Å². The first kappa shape index (κ1) is 11.1. The minimum Gasteiger partial charge on any atom is -0.465 e. The Balaban J connectivity index is 2.97. The van der Waals surface area contributed by atoms with E-state index in [1.807, 2.05) is 0 Å². The molecule has 0 aliphatic carbocycles. The number of carbonyl (C=O) groups excluding carboxylic acids is 1. The van der Waals surface area contributed by atoms with Crippen LogP contribution in [0.15, 0.2) is 24.3 Å². The van der Waals surface area contributed by atoms with Gasteiger partial charge in [-0.3, -0.25) is 0 Å². The predicted molar refractivity (Wildman–Crippen MR) is 52.1 cm³/mol. The molecule has 0 fully saturated rings. The van der Waals surface area contributed by atoms with Crippen molar-refractivity contribution < 1.29 is 18.7 Å². The Labute approximate surface area is 86.8 Å². The summed E-state index contributed by atoms with van der Waals surface area (Å²) < 4.78 is 22.0. The first-order valence-corrected chi connectivity index (χ1v) is 4.13. The van der Waals surface area contributed by atoms with Crippen molar-refractivity contribution in [3.63, 3.8) is 0 Å². The Morgan fingerprint density at radius 3 is 2.80 bits per heavy atom. The summed E-state index contributed by atoms with van der Waals surface area (Å²) in [5.41, 5.74) is 0.137. The molecule has 0 N–H and O–H groups in total. The molecule has 0 spiro atoms. The van der Waals surface area contributed by atoms with E-state index in [9.17, 15) is 9.18 Å². The third kappa shape index (κ3) is 2.71. The number of ether oxygens (including phenoxy) is 2. The lowest BCUT2D eigenvalue weighted by Gasteiger charge is -2.09. The number of hydrogen-bond acceptors (Lipinski definition) is 3. The Hall–Kier alpha value is -2.02. The van der Waals surface area contributed by atoms with E-state index in [1.165, 1.54) is 19.2 Å². The molecule has 0 saturated heterocycles. The molecule has 0 amide bonds. The number of esters is 1. The molecular weight excluding hydrogens is 199 g/mol. The number of methoxy groups -OCH3 is 1. The lowest BCUT2D eigenvalue weighted by Crippen LogP contribution is -2.11. The maximum absolute atomic E-state index is 12.8. The summed E-state index contributed by atoms with van der Waals surface area (Å²) in [4.78, 5) is 11.2. The monoisotopic (exact) mass is 208 g/mol. The number of para-hydroxylation sites is 1. The highest BCUT2D eigenvalue weighted by Crippen LogP contribution is 2.20. The SMILES string of the molecule is C#CC(F)Oc1ccccc1C(=O)OC. The van der Waals surface area contributed by atoms with E-state index >= 15 is 0 Å². The van der Waals surface area contributed by atoms with Gasteiger partial charge in [0.2, 0.25) is 0 Å². The Kier molecular flexibility index (Phi) is 3.69. The second-order valence-electron chi connectivity index (χ2n) is 2.59. The van der Waals surface area contributed by atoms with Crippen LogP contribution in [0.2, 0.25) is 0 Å². The van der Waals surface area contributed by atoms with Gasteiger partial charge in [0.15, 0.2) is 0 Å². The molecule has 0 bridgehead atoms. The lowest BCUT2D eigenvalue weighted by molar-refractivity contribution is 0.0586. The van der Waals surface area contributed by atoms with Crippen LogP contribution in [0.25, 0.3) is 0 Å². The fourth-order valence-electron chi connectivity index (χ4n) is 0.993. The van der Waals surface area contributed by atoms with E-state index in [4.69, 9.17) is 11.2 Å². The van der Waals surface area contributed by atoms with Crippen LogP contribution in [-0.2, 0) is 4.74 Å². The zero-order chi connectivity index (χ0) is 11.3. The van der Waals surface area contributed by atoms with Crippen molar-refractivity contribution >= 4 is 5.97 Å². The summed E-state index contributed by atoms with van der Waals surface area (Å²) in [5, 5.41) is 0. The smallest absolute Gasteiger partial charge is 0.341 e. The number of alkyl halides is 1. The van der Waals surface area contributed by atoms with Crippen LogP contribution in [0.1, 0.15) is 10.4 Å². The zero-order valence-corrected chi connectivity index (χ0v) is 8.07. The van der Waals surface area contributed by atoms with Crippen molar-refractivity contribution in [1.29, 1.82) is 0 Å². The Bertz CT molecular complexity index is 395. The highest BCUT2D eigenvalue weighted by Gasteiger charge is 2.14. The van der Waals surface area contributed by atoms with Crippen molar-refractivity contribution in [2.45, 2.75) is 6.36 Å². The quantitative estimate of drug-likeness (QED) is 0.561. The largest absolute Gasteiger partial charge is 0.465 e. The van der Waals surface area contributed by atoms with E-state index < -0.39 is 12.3 Å². The van der Waals surface area contributed by atoms with E-state index in [1.54, 1.807) is 18.1 Å². The van der Waals surface area contributed by atoms with Crippen molar-refractivity contribution in [2.75, 3.05) is 7.11 Å². The van der Waals surface area contributed by atoms with E-state index in [-0.39, 0.29) is 11.3 Å². The highest BCUT2D eigenvalue weighted by molar-refractivity contribution is 5.92. The fourth-order valence-corrected chi connectivity index (χ4v) is 0.993. The number of benzene rings is 1. The van der Waals surface area contributed by atoms with E-state index in [0.717, 1.165) is 0 Å². The normalized spacial score (nSPS) is 11.3. The van der Waals surface area contributed by atoms with Gasteiger partial charge in [0, 0.05) is 0 Å². The van der Waals surface area contributed by atoms with Crippen LogP contribution < -0.4 is 4.74 Å². The molecule has 1 aromatic carbocycles. The fraction of sp³-hybridized carbons (Fsp3) is 0.182. The van der Waals surface area contributed by atoms with Gasteiger partial charge >= 0.3 is 12.3 Å². The molecule has 0 heterocycles. The molecule has 78 valence electrons. The molecule has 0 aliphatic heterocycles. The molecule has 3 nitrogen and oxygen atoms in total. The minimum atomic E-state index is -1.88. The number of hydrogen-bond donors (Lipinski definition) is 0. The first-order chi connectivity index (χ1) is 7.19. The van der Waals surface area contributed by atoms with Gasteiger partial charge in [0.05, 0.1) is 7.11 Å². The topological polar surface area (TPSA) is 35.5 Å². The van der Waals surface area contributed by atoms with Gasteiger partial charge in [-0.15, -0.1) is 6.42 Å². The third-order valence-corrected chi connectivity index (χ3v) is 1.65. The average molecular weight is 208 g/mol. The molecule has 15 heavy (non-hydrogen) atoms. The van der Waals surface area contributed by atoms with Crippen molar-refractivity contribution in [3.05, 3.63) is 29.8 Å². The van der Waals surface area contributed by atoms with Gasteiger partial charge in [0.1, 0.15) is 11.3 Å². The maximum atomic E-state index is 12.8. The van der Waals surface area contributed by atoms with Crippen LogP contribution >= 0.6 is 0 Å². The van der Waals surface area contributed by atoms with Crippen LogP contribution in [0.5, 0.6) is 5.75 Å². The maximum Gasteiger partial charge on any atom is 0.341 e. The highest BCUT2D eigenvalue weighted by atomic mass is 19.1. The van der Waals surface area contributed by atoms with Crippen LogP contribution in [0, 0.1) is 12.3 Å². The van der Waals surface area contributed by atoms with Gasteiger partial charge in [0.25, 0.3) is 0 Å². The minimum absolute atomic E-state index is 0.0646. The second-order valence-corrected chi connectivity index (χ2v) is 2.59.